The number of hydrogen-bond acceptors (Lipinski definition) is 6. The first kappa shape index (κ1) is 16.9. The van der Waals surface area contributed by atoms with E-state index in [1.807, 2.05) is 0 Å². The molecule has 24 heavy (non-hydrogen) atoms. The number of nitrogens with two attached hydrogens (primary N) is 1. The van der Waals surface area contributed by atoms with Crippen LogP contribution in [0.4, 0.5) is 0 Å². The summed E-state index contributed by atoms with van der Waals surface area (Å²) in [7, 11) is -1.73. The summed E-state index contributed by atoms with van der Waals surface area (Å²) in [6.45, 7) is 1.14. The van der Waals surface area contributed by atoms with E-state index in [9.17, 15) is 8.42 Å². The Labute approximate surface area is 141 Å². The lowest BCUT2D eigenvalue weighted by molar-refractivity contribution is 0.289. The Balaban J connectivity index is 1.71. The van der Waals surface area contributed by atoms with Gasteiger partial charge in [-0.15, -0.1) is 0 Å². The second kappa shape index (κ2) is 6.88. The van der Waals surface area contributed by atoms with E-state index in [1.54, 1.807) is 36.0 Å². The van der Waals surface area contributed by atoms with Gasteiger partial charge in [0.15, 0.2) is 5.82 Å². The molecular weight excluding hydrogens is 330 g/mol. The molecule has 0 aliphatic carbocycles. The molecule has 1 aliphatic rings. The quantitative estimate of drug-likeness (QED) is 0.813. The number of hydrogen-bond donors (Lipinski definition) is 1. The van der Waals surface area contributed by atoms with Crippen LogP contribution < -0.4 is 10.5 Å². The highest BCUT2D eigenvalue weighted by molar-refractivity contribution is 7.89. The van der Waals surface area contributed by atoms with Crippen molar-refractivity contribution in [3.63, 3.8) is 0 Å². The first-order chi connectivity index (χ1) is 11.5. The molecule has 130 valence electrons. The van der Waals surface area contributed by atoms with Crippen molar-refractivity contribution in [3.05, 3.63) is 36.4 Å². The van der Waals surface area contributed by atoms with Crippen molar-refractivity contribution in [1.29, 1.82) is 0 Å². The van der Waals surface area contributed by atoms with Gasteiger partial charge in [0.2, 0.25) is 10.0 Å². The molecule has 1 fully saturated rings. The number of nitrogens with zero attached hydrogens (tertiary/aromatic N) is 4. The van der Waals surface area contributed by atoms with Gasteiger partial charge in [0.25, 0.3) is 0 Å². The minimum atomic E-state index is -3.51. The van der Waals surface area contributed by atoms with Crippen LogP contribution in [-0.4, -0.2) is 46.6 Å². The predicted octanol–water partition coefficient (Wildman–Crippen LogP) is 0.506. The Hall–Kier alpha value is -1.97. The van der Waals surface area contributed by atoms with Gasteiger partial charge in [-0.2, -0.15) is 9.40 Å². The van der Waals surface area contributed by atoms with Crippen LogP contribution in [0.1, 0.15) is 18.7 Å². The maximum atomic E-state index is 12.7. The summed E-state index contributed by atoms with van der Waals surface area (Å²) < 4.78 is 34.2. The van der Waals surface area contributed by atoms with E-state index in [2.05, 4.69) is 10.1 Å². The van der Waals surface area contributed by atoms with E-state index >= 15 is 0 Å². The Morgan fingerprint density at radius 2 is 2.08 bits per heavy atom. The van der Waals surface area contributed by atoms with E-state index < -0.39 is 10.0 Å². The molecular formula is C15H21N5O3S. The molecule has 3 rings (SSSR count). The normalized spacial score (nSPS) is 18.8. The third-order valence-electron chi connectivity index (χ3n) is 4.20. The van der Waals surface area contributed by atoms with E-state index in [4.69, 9.17) is 10.5 Å². The van der Waals surface area contributed by atoms with Gasteiger partial charge in [-0.1, -0.05) is 0 Å². The molecule has 1 atom stereocenters. The highest BCUT2D eigenvalue weighted by Crippen LogP contribution is 2.26. The average Bonchev–Trinajstić information content (AvgIpc) is 3.22. The van der Waals surface area contributed by atoms with Gasteiger partial charge in [0.05, 0.1) is 4.90 Å². The second-order valence-corrected chi connectivity index (χ2v) is 7.60. The largest absolute Gasteiger partial charge is 0.486 e. The van der Waals surface area contributed by atoms with Crippen molar-refractivity contribution in [2.24, 2.45) is 12.8 Å². The van der Waals surface area contributed by atoms with E-state index in [0.29, 0.717) is 24.7 Å². The number of ether oxygens (including phenoxy) is 1. The van der Waals surface area contributed by atoms with Gasteiger partial charge in [0, 0.05) is 26.2 Å². The molecule has 1 aromatic carbocycles. The highest BCUT2D eigenvalue weighted by atomic mass is 32.2. The molecule has 0 bridgehead atoms. The Morgan fingerprint density at radius 1 is 1.33 bits per heavy atom. The topological polar surface area (TPSA) is 103 Å². The van der Waals surface area contributed by atoms with Crippen molar-refractivity contribution in [2.45, 2.75) is 30.4 Å². The maximum Gasteiger partial charge on any atom is 0.243 e. The van der Waals surface area contributed by atoms with Crippen LogP contribution in [0, 0.1) is 0 Å². The second-order valence-electron chi connectivity index (χ2n) is 5.71. The molecule has 1 aliphatic heterocycles. The van der Waals surface area contributed by atoms with Crippen molar-refractivity contribution in [3.8, 4) is 5.75 Å². The van der Waals surface area contributed by atoms with Crippen molar-refractivity contribution in [2.75, 3.05) is 13.1 Å². The maximum absolute atomic E-state index is 12.7. The van der Waals surface area contributed by atoms with Crippen molar-refractivity contribution < 1.29 is 13.2 Å². The van der Waals surface area contributed by atoms with Gasteiger partial charge < -0.3 is 10.5 Å². The van der Waals surface area contributed by atoms with Crippen LogP contribution in [0.15, 0.2) is 35.5 Å². The average molecular weight is 351 g/mol. The van der Waals surface area contributed by atoms with Crippen molar-refractivity contribution in [1.82, 2.24) is 19.1 Å². The molecule has 1 unspecified atom stereocenters. The van der Waals surface area contributed by atoms with Crippen LogP contribution in [0.25, 0.3) is 0 Å². The van der Waals surface area contributed by atoms with E-state index in [1.165, 1.54) is 10.6 Å². The zero-order valence-corrected chi connectivity index (χ0v) is 14.3. The third kappa shape index (κ3) is 3.28. The molecule has 1 aromatic heterocycles. The van der Waals surface area contributed by atoms with Gasteiger partial charge >= 0.3 is 0 Å². The monoisotopic (exact) mass is 351 g/mol. The third-order valence-corrected chi connectivity index (χ3v) is 6.16. The summed E-state index contributed by atoms with van der Waals surface area (Å²) >= 11 is 0. The SMILES string of the molecule is Cn1ncnc1COc1ccc(S(=O)(=O)N2CCCC2CN)cc1. The van der Waals surface area contributed by atoms with Gasteiger partial charge in [0.1, 0.15) is 18.7 Å². The fraction of sp³-hybridized carbons (Fsp3) is 0.467. The Kier molecular flexibility index (Phi) is 4.83. The van der Waals surface area contributed by atoms with Gasteiger partial charge in [-0.25, -0.2) is 13.4 Å². The molecule has 2 aromatic rings. The predicted molar refractivity (Wildman–Crippen MR) is 87.7 cm³/mol. The van der Waals surface area contributed by atoms with E-state index in [-0.39, 0.29) is 17.5 Å². The summed E-state index contributed by atoms with van der Waals surface area (Å²) in [5.41, 5.74) is 5.68. The summed E-state index contributed by atoms with van der Waals surface area (Å²) in [5.74, 6) is 1.27. The summed E-state index contributed by atoms with van der Waals surface area (Å²) in [6.07, 6.45) is 3.12. The molecule has 0 spiro atoms. The van der Waals surface area contributed by atoms with Crippen LogP contribution in [0.3, 0.4) is 0 Å². The van der Waals surface area contributed by atoms with Gasteiger partial charge in [-0.3, -0.25) is 4.68 Å². The van der Waals surface area contributed by atoms with Crippen molar-refractivity contribution >= 4 is 10.0 Å². The Morgan fingerprint density at radius 3 is 2.71 bits per heavy atom. The number of aryl methyl sites for hydroxylation is 1. The minimum absolute atomic E-state index is 0.109. The first-order valence-corrected chi connectivity index (χ1v) is 9.24. The smallest absolute Gasteiger partial charge is 0.243 e. The zero-order chi connectivity index (χ0) is 17.2. The van der Waals surface area contributed by atoms with Gasteiger partial charge in [-0.05, 0) is 37.1 Å². The van der Waals surface area contributed by atoms with Crippen LogP contribution in [0.5, 0.6) is 5.75 Å². The standard InChI is InChI=1S/C15H21N5O3S/c1-19-15(17-11-18-19)10-23-13-4-6-14(7-5-13)24(21,22)20-8-2-3-12(20)9-16/h4-7,11-12H,2-3,8-10,16H2,1H3. The molecule has 0 saturated carbocycles. The fourth-order valence-corrected chi connectivity index (χ4v) is 4.51. The molecule has 0 amide bonds. The van der Waals surface area contributed by atoms with E-state index in [0.717, 1.165) is 12.8 Å². The molecule has 8 nitrogen and oxygen atoms in total. The highest BCUT2D eigenvalue weighted by Gasteiger charge is 2.34. The summed E-state index contributed by atoms with van der Waals surface area (Å²) in [5, 5.41) is 3.97. The number of sulfonamides is 1. The number of benzene rings is 1. The summed E-state index contributed by atoms with van der Waals surface area (Å²) in [4.78, 5) is 4.33. The molecule has 2 heterocycles. The molecule has 0 radical (unpaired) electrons. The summed E-state index contributed by atoms with van der Waals surface area (Å²) in [6, 6.07) is 6.32. The lowest BCUT2D eigenvalue weighted by Crippen LogP contribution is -2.39. The Bertz CT molecular complexity index is 788. The molecule has 9 heteroatoms. The minimum Gasteiger partial charge on any atom is -0.486 e. The fourth-order valence-electron chi connectivity index (χ4n) is 2.80. The van der Waals surface area contributed by atoms with Crippen LogP contribution >= 0.6 is 0 Å². The lowest BCUT2D eigenvalue weighted by atomic mass is 10.2. The number of rotatable bonds is 6. The first-order valence-electron chi connectivity index (χ1n) is 7.80. The molecule has 2 N–H and O–H groups in total. The van der Waals surface area contributed by atoms with Crippen LogP contribution in [0.2, 0.25) is 0 Å². The lowest BCUT2D eigenvalue weighted by Gasteiger charge is -2.22. The number of aromatic nitrogens is 3. The zero-order valence-electron chi connectivity index (χ0n) is 13.5. The molecule has 1 saturated heterocycles. The van der Waals surface area contributed by atoms with Crippen LogP contribution in [-0.2, 0) is 23.7 Å².